The summed E-state index contributed by atoms with van der Waals surface area (Å²) in [7, 11) is 0. The number of thiazole rings is 1. The van der Waals surface area contributed by atoms with Crippen LogP contribution in [0.4, 0.5) is 5.00 Å². The van der Waals surface area contributed by atoms with Gasteiger partial charge in [0.2, 0.25) is 0 Å². The quantitative estimate of drug-likeness (QED) is 0.635. The van der Waals surface area contributed by atoms with Crippen molar-refractivity contribution in [2.24, 2.45) is 0 Å². The molecule has 0 aliphatic carbocycles. The summed E-state index contributed by atoms with van der Waals surface area (Å²) in [6, 6.07) is 0. The standard InChI is InChI=1S/C8H8N4O2S3/c1-4(2)6-10-11-8(16-6)17-7-9-3-5(15-7)12(13)14/h3-4H,1-2H3. The first-order valence-electron chi connectivity index (χ1n) is 4.67. The lowest BCUT2D eigenvalue weighted by atomic mass is 10.2. The molecule has 0 radical (unpaired) electrons. The smallest absolute Gasteiger partial charge is 0.257 e. The van der Waals surface area contributed by atoms with Crippen molar-refractivity contribution in [3.8, 4) is 0 Å². The maximum atomic E-state index is 10.5. The molecular formula is C8H8N4O2S3. The van der Waals surface area contributed by atoms with E-state index < -0.39 is 4.92 Å². The first kappa shape index (κ1) is 12.4. The topological polar surface area (TPSA) is 81.8 Å². The number of hydrogen-bond donors (Lipinski definition) is 0. The average molecular weight is 288 g/mol. The molecule has 0 amide bonds. The van der Waals surface area contributed by atoms with E-state index in [1.807, 2.05) is 13.8 Å². The van der Waals surface area contributed by atoms with Gasteiger partial charge in [-0.05, 0) is 23.1 Å². The summed E-state index contributed by atoms with van der Waals surface area (Å²) < 4.78 is 1.38. The molecular weight excluding hydrogens is 280 g/mol. The molecule has 0 aromatic carbocycles. The van der Waals surface area contributed by atoms with Crippen LogP contribution in [0.15, 0.2) is 14.9 Å². The van der Waals surface area contributed by atoms with Crippen molar-refractivity contribution < 1.29 is 4.92 Å². The first-order chi connectivity index (χ1) is 8.06. The fourth-order valence-electron chi connectivity index (χ4n) is 0.951. The predicted octanol–water partition coefficient (Wildman–Crippen LogP) is 3.18. The molecule has 2 rings (SSSR count). The van der Waals surface area contributed by atoms with Gasteiger partial charge in [0.15, 0.2) is 8.68 Å². The van der Waals surface area contributed by atoms with Crippen LogP contribution in [0, 0.1) is 10.1 Å². The summed E-state index contributed by atoms with van der Waals surface area (Å²) in [5.41, 5.74) is 0. The zero-order valence-corrected chi connectivity index (χ0v) is 11.4. The van der Waals surface area contributed by atoms with Gasteiger partial charge < -0.3 is 0 Å². The highest BCUT2D eigenvalue weighted by molar-refractivity contribution is 8.02. The molecule has 0 saturated carbocycles. The Kier molecular flexibility index (Phi) is 3.69. The van der Waals surface area contributed by atoms with Crippen LogP contribution in [0.5, 0.6) is 0 Å². The van der Waals surface area contributed by atoms with Crippen LogP contribution in [0.2, 0.25) is 0 Å². The lowest BCUT2D eigenvalue weighted by molar-refractivity contribution is -0.380. The van der Waals surface area contributed by atoms with E-state index >= 15 is 0 Å². The number of rotatable bonds is 4. The Morgan fingerprint density at radius 3 is 2.65 bits per heavy atom. The number of nitro groups is 1. The molecule has 90 valence electrons. The molecule has 17 heavy (non-hydrogen) atoms. The summed E-state index contributed by atoms with van der Waals surface area (Å²) >= 11 is 3.85. The molecule has 0 aliphatic heterocycles. The molecule has 2 heterocycles. The molecule has 2 aromatic heterocycles. The van der Waals surface area contributed by atoms with Gasteiger partial charge in [0.25, 0.3) is 0 Å². The van der Waals surface area contributed by atoms with Crippen LogP contribution in [-0.2, 0) is 0 Å². The zero-order valence-electron chi connectivity index (χ0n) is 8.98. The molecule has 0 spiro atoms. The monoisotopic (exact) mass is 288 g/mol. The molecule has 6 nitrogen and oxygen atoms in total. The van der Waals surface area contributed by atoms with Crippen molar-refractivity contribution in [2.45, 2.75) is 28.4 Å². The Labute approximate surface area is 109 Å². The Bertz CT molecular complexity index is 536. The minimum Gasteiger partial charge on any atom is -0.257 e. The Morgan fingerprint density at radius 1 is 1.35 bits per heavy atom. The third-order valence-electron chi connectivity index (χ3n) is 1.74. The van der Waals surface area contributed by atoms with E-state index in [2.05, 4.69) is 15.2 Å². The van der Waals surface area contributed by atoms with E-state index in [4.69, 9.17) is 0 Å². The van der Waals surface area contributed by atoms with Gasteiger partial charge in [-0.2, -0.15) is 0 Å². The van der Waals surface area contributed by atoms with Crippen molar-refractivity contribution in [3.63, 3.8) is 0 Å². The van der Waals surface area contributed by atoms with Gasteiger partial charge in [-0.25, -0.2) is 4.98 Å². The highest BCUT2D eigenvalue weighted by Gasteiger charge is 2.15. The Morgan fingerprint density at radius 2 is 2.12 bits per heavy atom. The van der Waals surface area contributed by atoms with E-state index in [0.29, 0.717) is 10.3 Å². The highest BCUT2D eigenvalue weighted by atomic mass is 32.2. The number of hydrogen-bond acceptors (Lipinski definition) is 8. The Balaban J connectivity index is 2.11. The van der Waals surface area contributed by atoms with Crippen molar-refractivity contribution >= 4 is 39.4 Å². The maximum Gasteiger partial charge on any atom is 0.344 e. The lowest BCUT2D eigenvalue weighted by Crippen LogP contribution is -1.83. The van der Waals surface area contributed by atoms with Crippen molar-refractivity contribution in [1.82, 2.24) is 15.2 Å². The summed E-state index contributed by atoms with van der Waals surface area (Å²) in [5.74, 6) is 0.340. The van der Waals surface area contributed by atoms with Crippen LogP contribution in [0.25, 0.3) is 0 Å². The van der Waals surface area contributed by atoms with Gasteiger partial charge in [0.05, 0.1) is 4.92 Å². The van der Waals surface area contributed by atoms with Gasteiger partial charge in [0.1, 0.15) is 11.2 Å². The molecule has 0 fully saturated rings. The van der Waals surface area contributed by atoms with Crippen LogP contribution < -0.4 is 0 Å². The van der Waals surface area contributed by atoms with Gasteiger partial charge in [0, 0.05) is 5.92 Å². The van der Waals surface area contributed by atoms with E-state index in [1.165, 1.54) is 29.3 Å². The van der Waals surface area contributed by atoms with Crippen LogP contribution >= 0.6 is 34.4 Å². The lowest BCUT2D eigenvalue weighted by Gasteiger charge is -1.93. The predicted molar refractivity (Wildman–Crippen MR) is 66.9 cm³/mol. The molecule has 0 aliphatic rings. The third-order valence-corrected chi connectivity index (χ3v) is 5.04. The summed E-state index contributed by atoms with van der Waals surface area (Å²) in [6.07, 6.45) is 1.26. The number of aromatic nitrogens is 3. The van der Waals surface area contributed by atoms with E-state index in [9.17, 15) is 10.1 Å². The van der Waals surface area contributed by atoms with Crippen LogP contribution in [-0.4, -0.2) is 20.1 Å². The minimum atomic E-state index is -0.443. The van der Waals surface area contributed by atoms with E-state index in [1.54, 1.807) is 0 Å². The van der Waals surface area contributed by atoms with Crippen LogP contribution in [0.1, 0.15) is 24.8 Å². The molecule has 9 heteroatoms. The highest BCUT2D eigenvalue weighted by Crippen LogP contribution is 2.36. The average Bonchev–Trinajstić information content (AvgIpc) is 2.87. The molecule has 0 saturated heterocycles. The Hall–Kier alpha value is -1.06. The zero-order chi connectivity index (χ0) is 12.4. The second-order valence-corrected chi connectivity index (χ2v) is 6.90. The van der Waals surface area contributed by atoms with Crippen molar-refractivity contribution in [2.75, 3.05) is 0 Å². The summed E-state index contributed by atoms with van der Waals surface area (Å²) in [6.45, 7) is 4.09. The van der Waals surface area contributed by atoms with Crippen LogP contribution in [0.3, 0.4) is 0 Å². The third kappa shape index (κ3) is 2.99. The second-order valence-electron chi connectivity index (χ2n) is 3.38. The van der Waals surface area contributed by atoms with E-state index in [0.717, 1.165) is 20.7 Å². The summed E-state index contributed by atoms with van der Waals surface area (Å²) in [4.78, 5) is 14.0. The van der Waals surface area contributed by atoms with Gasteiger partial charge >= 0.3 is 5.00 Å². The van der Waals surface area contributed by atoms with Gasteiger partial charge in [-0.1, -0.05) is 25.2 Å². The first-order valence-corrected chi connectivity index (χ1v) is 7.12. The molecule has 0 unspecified atom stereocenters. The van der Waals surface area contributed by atoms with E-state index in [-0.39, 0.29) is 5.00 Å². The fourth-order valence-corrected chi connectivity index (χ4v) is 3.81. The van der Waals surface area contributed by atoms with Gasteiger partial charge in [-0.15, -0.1) is 10.2 Å². The summed E-state index contributed by atoms with van der Waals surface area (Å²) in [5, 5.41) is 19.6. The molecule has 0 atom stereocenters. The minimum absolute atomic E-state index is 0.0427. The number of nitrogens with zero attached hydrogens (tertiary/aromatic N) is 4. The largest absolute Gasteiger partial charge is 0.344 e. The second kappa shape index (κ2) is 5.07. The maximum absolute atomic E-state index is 10.5. The van der Waals surface area contributed by atoms with Crippen molar-refractivity contribution in [3.05, 3.63) is 21.3 Å². The molecule has 2 aromatic rings. The normalized spacial score (nSPS) is 11.0. The van der Waals surface area contributed by atoms with Crippen molar-refractivity contribution in [1.29, 1.82) is 0 Å². The fraction of sp³-hybridized carbons (Fsp3) is 0.375. The molecule has 0 bridgehead atoms. The SMILES string of the molecule is CC(C)c1nnc(Sc2ncc([N+](=O)[O-])s2)s1. The molecule has 0 N–H and O–H groups in total. The van der Waals surface area contributed by atoms with Gasteiger partial charge in [-0.3, -0.25) is 10.1 Å².